The van der Waals surface area contributed by atoms with Gasteiger partial charge in [0.2, 0.25) is 11.8 Å². The fourth-order valence-corrected chi connectivity index (χ4v) is 2.64. The molecule has 2 atom stereocenters. The Morgan fingerprint density at radius 2 is 1.68 bits per heavy atom. The third kappa shape index (κ3) is 1.52. The average Bonchev–Trinajstić information content (AvgIpc) is 2.97. The van der Waals surface area contributed by atoms with Gasteiger partial charge in [0.15, 0.2) is 0 Å². The first-order valence-corrected chi connectivity index (χ1v) is 5.45. The van der Waals surface area contributed by atoms with E-state index in [9.17, 15) is 28.2 Å². The van der Waals surface area contributed by atoms with E-state index in [1.165, 1.54) is 0 Å². The number of fused-ring (bicyclic) bond motifs is 5. The van der Waals surface area contributed by atoms with Gasteiger partial charge in [0.1, 0.15) is 0 Å². The first-order valence-electron chi connectivity index (χ1n) is 5.45. The van der Waals surface area contributed by atoms with Gasteiger partial charge in [-0.25, -0.2) is 4.79 Å². The van der Waals surface area contributed by atoms with E-state index in [2.05, 4.69) is 4.84 Å². The van der Waals surface area contributed by atoms with Crippen molar-refractivity contribution < 1.29 is 33.0 Å². The molecule has 8 heteroatoms. The number of allylic oxidation sites excluding steroid dienone is 2. The van der Waals surface area contributed by atoms with Gasteiger partial charge < -0.3 is 15.1 Å². The van der Waals surface area contributed by atoms with Crippen LogP contribution in [0.5, 0.6) is 11.8 Å². The molecule has 5 nitrogen and oxygen atoms in total. The number of carbonyl (C=O) groups is 1. The van der Waals surface area contributed by atoms with Crippen LogP contribution in [0, 0.1) is 0 Å². The predicted molar refractivity (Wildman–Crippen MR) is 54.6 cm³/mol. The van der Waals surface area contributed by atoms with Crippen LogP contribution in [0.25, 0.3) is 0 Å². The molecule has 0 aliphatic heterocycles. The summed E-state index contributed by atoms with van der Waals surface area (Å²) < 4.78 is 36.4. The first kappa shape index (κ1) is 11.9. The van der Waals surface area contributed by atoms with Gasteiger partial charge in [0.05, 0.1) is 0 Å². The summed E-state index contributed by atoms with van der Waals surface area (Å²) in [5.74, 6) is -4.18. The molecule has 0 spiro atoms. The van der Waals surface area contributed by atoms with E-state index in [1.807, 2.05) is 0 Å². The van der Waals surface area contributed by atoms with E-state index in [4.69, 9.17) is 0 Å². The number of aromatic hydroxyl groups is 2. The highest BCUT2D eigenvalue weighted by Gasteiger charge is 2.46. The Balaban J connectivity index is 2.00. The second kappa shape index (κ2) is 3.46. The van der Waals surface area contributed by atoms with Crippen molar-refractivity contribution in [1.29, 1.82) is 0 Å². The van der Waals surface area contributed by atoms with Crippen LogP contribution in [0.2, 0.25) is 0 Å². The van der Waals surface area contributed by atoms with Crippen LogP contribution >= 0.6 is 0 Å². The van der Waals surface area contributed by atoms with Crippen LogP contribution in [0.15, 0.2) is 12.2 Å². The molecule has 0 aromatic carbocycles. The lowest BCUT2D eigenvalue weighted by atomic mass is 10.0. The van der Waals surface area contributed by atoms with Crippen LogP contribution in [-0.4, -0.2) is 27.1 Å². The summed E-state index contributed by atoms with van der Waals surface area (Å²) in [5.41, 5.74) is 0.639. The Labute approximate surface area is 104 Å². The van der Waals surface area contributed by atoms with Crippen LogP contribution in [0.3, 0.4) is 0 Å². The Morgan fingerprint density at radius 1 is 1.21 bits per heavy atom. The van der Waals surface area contributed by atoms with Gasteiger partial charge in [-0.15, -0.1) is 4.73 Å². The zero-order chi connectivity index (χ0) is 13.9. The minimum Gasteiger partial charge on any atom is -0.492 e. The molecule has 1 heterocycles. The third-order valence-electron chi connectivity index (χ3n) is 3.39. The molecule has 3 rings (SSSR count). The summed E-state index contributed by atoms with van der Waals surface area (Å²) in [6.07, 6.45) is -0.963. The summed E-state index contributed by atoms with van der Waals surface area (Å²) in [4.78, 5) is 14.7. The maximum Gasteiger partial charge on any atom is 0.493 e. The zero-order valence-electron chi connectivity index (χ0n) is 9.31. The Morgan fingerprint density at radius 3 is 2.11 bits per heavy atom. The van der Waals surface area contributed by atoms with Gasteiger partial charge in [-0.2, -0.15) is 13.2 Å². The van der Waals surface area contributed by atoms with E-state index in [-0.39, 0.29) is 16.6 Å². The molecular weight excluding hydrogens is 267 g/mol. The minimum absolute atomic E-state index is 0.132. The van der Waals surface area contributed by atoms with Crippen LogP contribution < -0.4 is 4.84 Å². The number of rotatable bonds is 1. The minimum atomic E-state index is -5.20. The second-order valence-corrected chi connectivity index (χ2v) is 4.48. The van der Waals surface area contributed by atoms with Gasteiger partial charge in [0.25, 0.3) is 0 Å². The molecule has 0 fully saturated rings. The molecular formula is C11H8F3NO4. The van der Waals surface area contributed by atoms with Crippen LogP contribution in [0.4, 0.5) is 13.2 Å². The molecule has 0 saturated heterocycles. The number of nitrogens with zero attached hydrogens (tertiary/aromatic N) is 1. The molecule has 2 unspecified atom stereocenters. The molecule has 19 heavy (non-hydrogen) atoms. The normalized spacial score (nSPS) is 23.7. The summed E-state index contributed by atoms with van der Waals surface area (Å²) in [6.45, 7) is 0. The van der Waals surface area contributed by atoms with Gasteiger partial charge in [-0.3, -0.25) is 0 Å². The Hall–Kier alpha value is -2.12. The highest BCUT2D eigenvalue weighted by atomic mass is 19.4. The molecule has 0 saturated carbocycles. The lowest BCUT2D eigenvalue weighted by Crippen LogP contribution is -2.33. The molecule has 2 aliphatic carbocycles. The van der Waals surface area contributed by atoms with Crippen molar-refractivity contribution in [3.8, 4) is 11.8 Å². The number of aromatic nitrogens is 1. The largest absolute Gasteiger partial charge is 0.493 e. The van der Waals surface area contributed by atoms with Crippen molar-refractivity contribution >= 4 is 5.97 Å². The summed E-state index contributed by atoms with van der Waals surface area (Å²) in [7, 11) is 0. The van der Waals surface area contributed by atoms with Crippen molar-refractivity contribution in [3.63, 3.8) is 0 Å². The van der Waals surface area contributed by atoms with E-state index in [1.54, 1.807) is 12.2 Å². The number of alkyl halides is 3. The maximum absolute atomic E-state index is 12.1. The summed E-state index contributed by atoms with van der Waals surface area (Å²) >= 11 is 0. The number of carbonyl (C=O) groups excluding carboxylic acids is 1. The molecule has 1 aromatic rings. The van der Waals surface area contributed by atoms with E-state index in [0.29, 0.717) is 17.5 Å². The van der Waals surface area contributed by atoms with E-state index >= 15 is 0 Å². The van der Waals surface area contributed by atoms with Crippen molar-refractivity contribution in [2.45, 2.75) is 24.4 Å². The fraction of sp³-hybridized carbons (Fsp3) is 0.364. The van der Waals surface area contributed by atoms with Crippen molar-refractivity contribution in [3.05, 3.63) is 23.3 Å². The second-order valence-electron chi connectivity index (χ2n) is 4.48. The maximum atomic E-state index is 12.1. The topological polar surface area (TPSA) is 71.7 Å². The summed E-state index contributed by atoms with van der Waals surface area (Å²) in [6, 6.07) is 0. The van der Waals surface area contributed by atoms with Crippen LogP contribution in [-0.2, 0) is 4.79 Å². The number of halogens is 3. The molecule has 0 radical (unpaired) electrons. The molecule has 102 valence electrons. The molecule has 1 aromatic heterocycles. The third-order valence-corrected chi connectivity index (χ3v) is 3.39. The monoisotopic (exact) mass is 275 g/mol. The van der Waals surface area contributed by atoms with Gasteiger partial charge in [-0.1, -0.05) is 12.2 Å². The lowest BCUT2D eigenvalue weighted by Gasteiger charge is -2.10. The SMILES string of the molecule is O=C(On1c(O)c2c(c1O)C1C=CC2C1)C(F)(F)F. The standard InChI is InChI=1S/C11H8F3NO4/c12-11(13,14)10(18)19-15-8(16)6-4-1-2-5(3-4)7(6)9(15)17/h1-2,4-5,16-17H,3H2. The van der Waals surface area contributed by atoms with E-state index in [0.717, 1.165) is 0 Å². The van der Waals surface area contributed by atoms with Crippen molar-refractivity contribution in [2.75, 3.05) is 0 Å². The van der Waals surface area contributed by atoms with Crippen molar-refractivity contribution in [1.82, 2.24) is 4.73 Å². The number of hydrogen-bond donors (Lipinski definition) is 2. The Bertz CT molecular complexity index is 567. The highest BCUT2D eigenvalue weighted by Crippen LogP contribution is 2.56. The molecule has 2 N–H and O–H groups in total. The van der Waals surface area contributed by atoms with E-state index < -0.39 is 23.9 Å². The van der Waals surface area contributed by atoms with Crippen LogP contribution in [0.1, 0.15) is 29.4 Å². The molecule has 0 amide bonds. The lowest BCUT2D eigenvalue weighted by molar-refractivity contribution is -0.200. The van der Waals surface area contributed by atoms with Gasteiger partial charge >= 0.3 is 12.1 Å². The Kier molecular flexibility index (Phi) is 2.17. The quantitative estimate of drug-likeness (QED) is 0.763. The average molecular weight is 275 g/mol. The molecule has 2 aliphatic rings. The fourth-order valence-electron chi connectivity index (χ4n) is 2.64. The molecule has 2 bridgehead atoms. The summed E-state index contributed by atoms with van der Waals surface area (Å²) in [5, 5.41) is 19.6. The number of hydrogen-bond acceptors (Lipinski definition) is 4. The van der Waals surface area contributed by atoms with Crippen molar-refractivity contribution in [2.24, 2.45) is 0 Å². The predicted octanol–water partition coefficient (Wildman–Crippen LogP) is 1.56. The first-order chi connectivity index (χ1) is 8.80. The van der Waals surface area contributed by atoms with Gasteiger partial charge in [0, 0.05) is 23.0 Å². The zero-order valence-corrected chi connectivity index (χ0v) is 9.31. The van der Waals surface area contributed by atoms with Gasteiger partial charge in [-0.05, 0) is 6.42 Å². The highest BCUT2D eigenvalue weighted by molar-refractivity contribution is 5.76. The smallest absolute Gasteiger partial charge is 0.492 e.